The SMILES string of the molecule is CCNC(=NCC1(CO)CCOCC1)NC1CCC(C(C)C)CC1.I. The summed E-state index contributed by atoms with van der Waals surface area (Å²) in [4.78, 5) is 4.81. The third-order valence-electron chi connectivity index (χ3n) is 5.86. The molecule has 2 aliphatic rings. The largest absolute Gasteiger partial charge is 0.396 e. The molecule has 0 unspecified atom stereocenters. The third-order valence-corrected chi connectivity index (χ3v) is 5.86. The molecule has 2 fully saturated rings. The first kappa shape index (κ1) is 23.0. The highest BCUT2D eigenvalue weighted by Gasteiger charge is 2.32. The Morgan fingerprint density at radius 1 is 1.20 bits per heavy atom. The lowest BCUT2D eigenvalue weighted by molar-refractivity contribution is -0.0106. The molecule has 1 saturated carbocycles. The van der Waals surface area contributed by atoms with Crippen LogP contribution < -0.4 is 10.6 Å². The van der Waals surface area contributed by atoms with Crippen LogP contribution in [-0.4, -0.2) is 50.0 Å². The lowest BCUT2D eigenvalue weighted by Crippen LogP contribution is -2.46. The number of ether oxygens (including phenoxy) is 1. The fraction of sp³-hybridized carbons (Fsp3) is 0.947. The van der Waals surface area contributed by atoms with Gasteiger partial charge in [0.05, 0.1) is 13.2 Å². The third kappa shape index (κ3) is 7.21. The number of nitrogens with one attached hydrogen (secondary N) is 2. The van der Waals surface area contributed by atoms with Crippen molar-refractivity contribution in [1.82, 2.24) is 10.6 Å². The van der Waals surface area contributed by atoms with Gasteiger partial charge in [0.2, 0.25) is 0 Å². The van der Waals surface area contributed by atoms with Crippen molar-refractivity contribution in [1.29, 1.82) is 0 Å². The molecule has 1 heterocycles. The number of halogens is 1. The quantitative estimate of drug-likeness (QED) is 0.319. The van der Waals surface area contributed by atoms with Crippen molar-refractivity contribution < 1.29 is 9.84 Å². The predicted molar refractivity (Wildman–Crippen MR) is 115 cm³/mol. The van der Waals surface area contributed by atoms with Crippen LogP contribution in [0.5, 0.6) is 0 Å². The van der Waals surface area contributed by atoms with Crippen molar-refractivity contribution in [3.8, 4) is 0 Å². The number of aliphatic hydroxyl groups is 1. The Kier molecular flexibility index (Phi) is 10.6. The van der Waals surface area contributed by atoms with Crippen molar-refractivity contribution in [3.05, 3.63) is 0 Å². The number of nitrogens with zero attached hydrogens (tertiary/aromatic N) is 1. The van der Waals surface area contributed by atoms with E-state index in [1.807, 2.05) is 0 Å². The molecule has 1 saturated heterocycles. The molecule has 3 N–H and O–H groups in total. The molecule has 0 amide bonds. The van der Waals surface area contributed by atoms with Gasteiger partial charge in [-0.15, -0.1) is 24.0 Å². The van der Waals surface area contributed by atoms with E-state index >= 15 is 0 Å². The highest BCUT2D eigenvalue weighted by atomic mass is 127. The molecule has 25 heavy (non-hydrogen) atoms. The van der Waals surface area contributed by atoms with Gasteiger partial charge in [0.15, 0.2) is 5.96 Å². The molecule has 0 aromatic heterocycles. The van der Waals surface area contributed by atoms with Gasteiger partial charge in [-0.3, -0.25) is 4.99 Å². The molecule has 0 aromatic carbocycles. The lowest BCUT2D eigenvalue weighted by atomic mass is 9.80. The van der Waals surface area contributed by atoms with Gasteiger partial charge in [-0.1, -0.05) is 13.8 Å². The second kappa shape index (κ2) is 11.6. The Labute approximate surface area is 170 Å². The summed E-state index contributed by atoms with van der Waals surface area (Å²) in [6.45, 7) is 9.98. The molecular weight excluding hydrogens is 429 g/mol. The van der Waals surface area contributed by atoms with E-state index in [0.717, 1.165) is 50.4 Å². The van der Waals surface area contributed by atoms with Gasteiger partial charge < -0.3 is 20.5 Å². The van der Waals surface area contributed by atoms with E-state index in [4.69, 9.17) is 9.73 Å². The van der Waals surface area contributed by atoms with Crippen LogP contribution in [0.3, 0.4) is 0 Å². The van der Waals surface area contributed by atoms with E-state index in [0.29, 0.717) is 12.6 Å². The number of hydrogen-bond acceptors (Lipinski definition) is 3. The van der Waals surface area contributed by atoms with Gasteiger partial charge in [-0.25, -0.2) is 0 Å². The standard InChI is InChI=1S/C19H37N3O2.HI/c1-4-20-18(21-13-19(14-23)9-11-24-12-10-19)22-17-7-5-16(6-8-17)15(2)3;/h15-17,23H,4-14H2,1-3H3,(H2,20,21,22);1H. The monoisotopic (exact) mass is 467 g/mol. The lowest BCUT2D eigenvalue weighted by Gasteiger charge is -2.35. The summed E-state index contributed by atoms with van der Waals surface area (Å²) in [5.74, 6) is 2.58. The highest BCUT2D eigenvalue weighted by molar-refractivity contribution is 14.0. The Bertz CT molecular complexity index is 390. The van der Waals surface area contributed by atoms with Crippen molar-refractivity contribution in [2.75, 3.05) is 32.9 Å². The topological polar surface area (TPSA) is 65.9 Å². The average Bonchev–Trinajstić information content (AvgIpc) is 2.61. The fourth-order valence-corrected chi connectivity index (χ4v) is 3.86. The van der Waals surface area contributed by atoms with Gasteiger partial charge in [-0.05, 0) is 57.3 Å². The van der Waals surface area contributed by atoms with Crippen LogP contribution in [0.2, 0.25) is 0 Å². The van der Waals surface area contributed by atoms with Crippen LogP contribution in [0.4, 0.5) is 0 Å². The molecule has 1 aliphatic heterocycles. The summed E-state index contributed by atoms with van der Waals surface area (Å²) in [6.07, 6.45) is 6.87. The average molecular weight is 467 g/mol. The number of guanidine groups is 1. The molecule has 2 rings (SSSR count). The molecule has 0 atom stereocenters. The second-order valence-electron chi connectivity index (χ2n) is 7.97. The van der Waals surface area contributed by atoms with Gasteiger partial charge in [0.1, 0.15) is 0 Å². The van der Waals surface area contributed by atoms with Crippen LogP contribution in [0, 0.1) is 17.3 Å². The number of hydrogen-bond donors (Lipinski definition) is 3. The van der Waals surface area contributed by atoms with E-state index in [1.165, 1.54) is 25.7 Å². The van der Waals surface area contributed by atoms with E-state index in [9.17, 15) is 5.11 Å². The summed E-state index contributed by atoms with van der Waals surface area (Å²) in [5.41, 5.74) is -0.101. The maximum atomic E-state index is 9.82. The van der Waals surface area contributed by atoms with E-state index in [1.54, 1.807) is 0 Å². The summed E-state index contributed by atoms with van der Waals surface area (Å²) in [6, 6.07) is 0.526. The van der Waals surface area contributed by atoms with Crippen LogP contribution in [-0.2, 0) is 4.74 Å². The first-order chi connectivity index (χ1) is 11.6. The predicted octanol–water partition coefficient (Wildman–Crippen LogP) is 3.16. The zero-order chi connectivity index (χ0) is 17.4. The molecule has 148 valence electrons. The van der Waals surface area contributed by atoms with Crippen LogP contribution in [0.15, 0.2) is 4.99 Å². The zero-order valence-electron chi connectivity index (χ0n) is 16.2. The molecule has 0 bridgehead atoms. The Hall–Kier alpha value is -0.0800. The molecule has 0 aromatic rings. The molecular formula is C19H38IN3O2. The zero-order valence-corrected chi connectivity index (χ0v) is 18.6. The smallest absolute Gasteiger partial charge is 0.191 e. The molecule has 1 aliphatic carbocycles. The maximum absolute atomic E-state index is 9.82. The first-order valence-corrected chi connectivity index (χ1v) is 9.82. The first-order valence-electron chi connectivity index (χ1n) is 9.82. The van der Waals surface area contributed by atoms with Crippen molar-refractivity contribution in [2.24, 2.45) is 22.2 Å². The number of rotatable bonds is 6. The van der Waals surface area contributed by atoms with E-state index < -0.39 is 0 Å². The summed E-state index contributed by atoms with van der Waals surface area (Å²) >= 11 is 0. The van der Waals surface area contributed by atoms with Crippen molar-refractivity contribution in [3.63, 3.8) is 0 Å². The maximum Gasteiger partial charge on any atom is 0.191 e. The fourth-order valence-electron chi connectivity index (χ4n) is 3.86. The van der Waals surface area contributed by atoms with Gasteiger partial charge in [-0.2, -0.15) is 0 Å². The van der Waals surface area contributed by atoms with Gasteiger partial charge in [0, 0.05) is 31.2 Å². The number of aliphatic hydroxyl groups excluding tert-OH is 1. The minimum absolute atomic E-state index is 0. The minimum atomic E-state index is -0.101. The normalized spacial score (nSPS) is 26.8. The molecule has 6 heteroatoms. The van der Waals surface area contributed by atoms with Gasteiger partial charge in [0.25, 0.3) is 0 Å². The second-order valence-corrected chi connectivity index (χ2v) is 7.97. The van der Waals surface area contributed by atoms with Crippen molar-refractivity contribution >= 4 is 29.9 Å². The van der Waals surface area contributed by atoms with Crippen LogP contribution in [0.25, 0.3) is 0 Å². The highest BCUT2D eigenvalue weighted by Crippen LogP contribution is 2.31. The van der Waals surface area contributed by atoms with E-state index in [2.05, 4.69) is 31.4 Å². The minimum Gasteiger partial charge on any atom is -0.396 e. The Morgan fingerprint density at radius 2 is 1.84 bits per heavy atom. The summed E-state index contributed by atoms with van der Waals surface area (Å²) < 4.78 is 5.44. The summed E-state index contributed by atoms with van der Waals surface area (Å²) in [5, 5.41) is 16.8. The van der Waals surface area contributed by atoms with Crippen molar-refractivity contribution in [2.45, 2.75) is 65.3 Å². The Balaban J connectivity index is 0.00000312. The molecule has 0 spiro atoms. The van der Waals surface area contributed by atoms with Crippen LogP contribution in [0.1, 0.15) is 59.3 Å². The summed E-state index contributed by atoms with van der Waals surface area (Å²) in [7, 11) is 0. The molecule has 0 radical (unpaired) electrons. The van der Waals surface area contributed by atoms with Gasteiger partial charge >= 0.3 is 0 Å². The van der Waals surface area contributed by atoms with Crippen LogP contribution >= 0.6 is 24.0 Å². The Morgan fingerprint density at radius 3 is 2.36 bits per heavy atom. The number of aliphatic imine (C=N–C) groups is 1. The van der Waals surface area contributed by atoms with E-state index in [-0.39, 0.29) is 36.0 Å². The molecule has 5 nitrogen and oxygen atoms in total.